The summed E-state index contributed by atoms with van der Waals surface area (Å²) >= 11 is -2.14. The van der Waals surface area contributed by atoms with E-state index in [1.165, 1.54) is 12.1 Å². The predicted molar refractivity (Wildman–Crippen MR) is 95.9 cm³/mol. The molecule has 9 heteroatoms. The van der Waals surface area contributed by atoms with E-state index in [-0.39, 0.29) is 46.4 Å². The van der Waals surface area contributed by atoms with Crippen molar-refractivity contribution in [3.63, 3.8) is 0 Å². The fourth-order valence-corrected chi connectivity index (χ4v) is 3.21. The van der Waals surface area contributed by atoms with Gasteiger partial charge in [-0.25, -0.2) is 4.21 Å². The summed E-state index contributed by atoms with van der Waals surface area (Å²) in [7, 11) is 0. The Morgan fingerprint density at radius 2 is 1.73 bits per heavy atom. The van der Waals surface area contributed by atoms with Crippen molar-refractivity contribution in [1.29, 1.82) is 0 Å². The average molecular weight is 395 g/mol. The normalized spacial score (nSPS) is 12.2. The molecule has 4 nitrogen and oxygen atoms in total. The van der Waals surface area contributed by atoms with Crippen molar-refractivity contribution < 1.29 is 26.7 Å². The van der Waals surface area contributed by atoms with E-state index >= 15 is 0 Å². The molecule has 0 radical (unpaired) electrons. The molecule has 0 bridgehead atoms. The van der Waals surface area contributed by atoms with E-state index in [9.17, 15) is 26.7 Å². The minimum atomic E-state index is -4.46. The predicted octanol–water partition coefficient (Wildman–Crippen LogP) is 3.44. The number of amides is 1. The summed E-state index contributed by atoms with van der Waals surface area (Å²) in [6.07, 6.45) is -4.67. The number of aryl methyl sites for hydroxylation is 2. The molecule has 2 N–H and O–H groups in total. The molecule has 0 saturated carbocycles. The summed E-state index contributed by atoms with van der Waals surface area (Å²) in [6, 6.07) is 7.67. The van der Waals surface area contributed by atoms with Crippen LogP contribution in [-0.4, -0.2) is 44.2 Å². The van der Waals surface area contributed by atoms with E-state index in [4.69, 9.17) is 0 Å². The molecule has 2 aromatic carbocycles. The van der Waals surface area contributed by atoms with Gasteiger partial charge in [0.2, 0.25) is 5.91 Å². The number of rotatable bonds is 4. The van der Waals surface area contributed by atoms with E-state index in [0.29, 0.717) is 16.8 Å². The zero-order chi connectivity index (χ0) is 18.8. The SMILES string of the molecule is Cc1cc(NC(=O)Cc2cccc(C(F)(F)F)c2)cc(C)c1S(=O)O.[NaH]. The Morgan fingerprint density at radius 3 is 2.23 bits per heavy atom. The van der Waals surface area contributed by atoms with Crippen molar-refractivity contribution in [3.05, 3.63) is 58.7 Å². The first kappa shape index (κ1) is 22.9. The van der Waals surface area contributed by atoms with Crippen LogP contribution < -0.4 is 5.32 Å². The second kappa shape index (κ2) is 9.14. The van der Waals surface area contributed by atoms with Crippen molar-refractivity contribution in [3.8, 4) is 0 Å². The Morgan fingerprint density at radius 1 is 1.15 bits per heavy atom. The summed E-state index contributed by atoms with van der Waals surface area (Å²) in [5, 5.41) is 2.60. The third-order valence-corrected chi connectivity index (χ3v) is 4.53. The molecule has 0 heterocycles. The molecule has 1 amide bonds. The van der Waals surface area contributed by atoms with Gasteiger partial charge in [-0.1, -0.05) is 18.2 Å². The number of benzene rings is 2. The molecule has 2 rings (SSSR count). The maximum atomic E-state index is 12.7. The van der Waals surface area contributed by atoms with Gasteiger partial charge in [0.05, 0.1) is 16.9 Å². The van der Waals surface area contributed by atoms with Crippen LogP contribution in [0, 0.1) is 13.8 Å². The van der Waals surface area contributed by atoms with Crippen LogP contribution in [-0.2, 0) is 28.5 Å². The van der Waals surface area contributed by atoms with Gasteiger partial charge in [-0.2, -0.15) is 13.2 Å². The molecule has 2 aromatic rings. The Balaban J connectivity index is 0.00000338. The number of hydrogen-bond donors (Lipinski definition) is 2. The molecule has 0 fully saturated rings. The molecule has 0 spiro atoms. The van der Waals surface area contributed by atoms with Gasteiger partial charge in [-0.05, 0) is 48.7 Å². The van der Waals surface area contributed by atoms with E-state index in [1.54, 1.807) is 26.0 Å². The van der Waals surface area contributed by atoms with Gasteiger partial charge in [0.1, 0.15) is 0 Å². The molecule has 0 aliphatic rings. The second-order valence-corrected chi connectivity index (χ2v) is 6.52. The Hall–Kier alpha value is -1.19. The van der Waals surface area contributed by atoms with Crippen LogP contribution in [0.2, 0.25) is 0 Å². The molecule has 0 aromatic heterocycles. The molecule has 1 atom stereocenters. The number of halogens is 3. The van der Waals surface area contributed by atoms with E-state index in [1.807, 2.05) is 0 Å². The van der Waals surface area contributed by atoms with Crippen LogP contribution in [0.4, 0.5) is 18.9 Å². The number of nitrogens with one attached hydrogen (secondary N) is 1. The molecule has 26 heavy (non-hydrogen) atoms. The van der Waals surface area contributed by atoms with Crippen LogP contribution in [0.15, 0.2) is 41.3 Å². The first-order valence-corrected chi connectivity index (χ1v) is 8.36. The summed E-state index contributed by atoms with van der Waals surface area (Å²) in [6.45, 7) is 3.28. The molecular weight excluding hydrogens is 378 g/mol. The topological polar surface area (TPSA) is 66.4 Å². The summed E-state index contributed by atoms with van der Waals surface area (Å²) in [5.41, 5.74) is 0.930. The summed E-state index contributed by atoms with van der Waals surface area (Å²) < 4.78 is 58.6. The molecule has 0 aliphatic carbocycles. The summed E-state index contributed by atoms with van der Waals surface area (Å²) in [5.74, 6) is -0.476. The monoisotopic (exact) mass is 395 g/mol. The average Bonchev–Trinajstić information content (AvgIpc) is 2.45. The standard InChI is InChI=1S/C17H16F3NO3S.Na.H/c1-10-6-14(7-11(2)16(10)25(23)24)21-15(22)9-12-4-3-5-13(8-12)17(18,19)20;;/h3-8H,9H2,1-2H3,(H,21,22)(H,23,24);;. The Bertz CT molecular complexity index is 817. The van der Waals surface area contributed by atoms with Crippen LogP contribution in [0.3, 0.4) is 0 Å². The Kier molecular flexibility index (Phi) is 8.04. The van der Waals surface area contributed by atoms with Gasteiger partial charge in [0.15, 0.2) is 11.1 Å². The van der Waals surface area contributed by atoms with E-state index < -0.39 is 28.7 Å². The van der Waals surface area contributed by atoms with E-state index in [0.717, 1.165) is 12.1 Å². The number of anilines is 1. The molecule has 0 saturated heterocycles. The van der Waals surface area contributed by atoms with Gasteiger partial charge >= 0.3 is 35.7 Å². The van der Waals surface area contributed by atoms with Crippen LogP contribution >= 0.6 is 0 Å². The van der Waals surface area contributed by atoms with Crippen LogP contribution in [0.5, 0.6) is 0 Å². The van der Waals surface area contributed by atoms with Crippen molar-refractivity contribution in [2.45, 2.75) is 31.3 Å². The van der Waals surface area contributed by atoms with E-state index in [2.05, 4.69) is 5.32 Å². The number of carbonyl (C=O) groups excluding carboxylic acids is 1. The quantitative estimate of drug-likeness (QED) is 0.616. The fourth-order valence-electron chi connectivity index (χ4n) is 2.55. The van der Waals surface area contributed by atoms with Crippen molar-refractivity contribution >= 4 is 52.2 Å². The van der Waals surface area contributed by atoms with Gasteiger partial charge in [0, 0.05) is 5.69 Å². The zero-order valence-electron chi connectivity index (χ0n) is 13.5. The second-order valence-electron chi connectivity index (χ2n) is 5.61. The molecule has 1 unspecified atom stereocenters. The van der Waals surface area contributed by atoms with Crippen molar-refractivity contribution in [1.82, 2.24) is 0 Å². The fraction of sp³-hybridized carbons (Fsp3) is 0.235. The minimum absolute atomic E-state index is 0. The third kappa shape index (κ3) is 5.92. The van der Waals surface area contributed by atoms with Crippen LogP contribution in [0.25, 0.3) is 0 Å². The Labute approximate surface area is 173 Å². The van der Waals surface area contributed by atoms with Crippen molar-refractivity contribution in [2.75, 3.05) is 5.32 Å². The first-order valence-electron chi connectivity index (χ1n) is 7.26. The first-order chi connectivity index (χ1) is 11.6. The molecular formula is C17H17F3NNaO3S. The maximum absolute atomic E-state index is 12.7. The number of carbonyl (C=O) groups is 1. The summed E-state index contributed by atoms with van der Waals surface area (Å²) in [4.78, 5) is 12.4. The van der Waals surface area contributed by atoms with Gasteiger partial charge in [-0.15, -0.1) is 0 Å². The van der Waals surface area contributed by atoms with Crippen LogP contribution in [0.1, 0.15) is 22.3 Å². The molecule has 136 valence electrons. The van der Waals surface area contributed by atoms with Crippen molar-refractivity contribution in [2.24, 2.45) is 0 Å². The molecule has 0 aliphatic heterocycles. The number of hydrogen-bond acceptors (Lipinski definition) is 2. The van der Waals surface area contributed by atoms with Gasteiger partial charge < -0.3 is 9.87 Å². The van der Waals surface area contributed by atoms with Gasteiger partial charge in [-0.3, -0.25) is 4.79 Å². The third-order valence-electron chi connectivity index (χ3n) is 3.54. The zero-order valence-corrected chi connectivity index (χ0v) is 14.3. The van der Waals surface area contributed by atoms with Gasteiger partial charge in [0.25, 0.3) is 0 Å². The number of alkyl halides is 3.